The topological polar surface area (TPSA) is 67.3 Å². The number of hydrogen-bond donors (Lipinski definition) is 2. The number of anilines is 2. The molecule has 1 aromatic rings. The van der Waals surface area contributed by atoms with Crippen LogP contribution in [-0.2, 0) is 13.5 Å². The lowest BCUT2D eigenvalue weighted by Gasteiger charge is -2.36. The van der Waals surface area contributed by atoms with Gasteiger partial charge >= 0.3 is 0 Å². The van der Waals surface area contributed by atoms with Gasteiger partial charge in [-0.1, -0.05) is 13.3 Å². The van der Waals surface area contributed by atoms with E-state index in [0.717, 1.165) is 49.4 Å². The van der Waals surface area contributed by atoms with Gasteiger partial charge in [-0.3, -0.25) is 4.68 Å². The summed E-state index contributed by atoms with van der Waals surface area (Å²) in [6, 6.07) is 0.186. The fourth-order valence-corrected chi connectivity index (χ4v) is 2.82. The maximum absolute atomic E-state index is 9.50. The molecule has 1 aliphatic heterocycles. The lowest BCUT2D eigenvalue weighted by molar-refractivity contribution is 0.239. The summed E-state index contributed by atoms with van der Waals surface area (Å²) >= 11 is 0. The molecule has 5 nitrogen and oxygen atoms in total. The molecule has 0 aromatic carbocycles. The second kappa shape index (κ2) is 5.61. The first-order chi connectivity index (χ1) is 8.69. The number of nitrogen functional groups attached to an aromatic ring is 1. The maximum Gasteiger partial charge on any atom is 0.150 e. The van der Waals surface area contributed by atoms with Crippen LogP contribution >= 0.6 is 0 Å². The highest BCUT2D eigenvalue weighted by Crippen LogP contribution is 2.31. The minimum atomic E-state index is 0.186. The first-order valence-electron chi connectivity index (χ1n) is 6.87. The van der Waals surface area contributed by atoms with Crippen molar-refractivity contribution >= 4 is 11.5 Å². The van der Waals surface area contributed by atoms with Crippen molar-refractivity contribution in [1.29, 1.82) is 0 Å². The van der Waals surface area contributed by atoms with Gasteiger partial charge in [-0.15, -0.1) is 0 Å². The van der Waals surface area contributed by atoms with Crippen LogP contribution in [0.4, 0.5) is 11.5 Å². The number of rotatable bonds is 4. The van der Waals surface area contributed by atoms with Crippen LogP contribution in [-0.4, -0.2) is 34.1 Å². The van der Waals surface area contributed by atoms with E-state index in [9.17, 15) is 5.11 Å². The number of aliphatic hydroxyl groups is 1. The van der Waals surface area contributed by atoms with E-state index in [1.165, 1.54) is 6.42 Å². The molecule has 18 heavy (non-hydrogen) atoms. The van der Waals surface area contributed by atoms with Gasteiger partial charge in [0.15, 0.2) is 5.82 Å². The predicted octanol–water partition coefficient (Wildman–Crippen LogP) is 1.31. The molecule has 1 unspecified atom stereocenters. The van der Waals surface area contributed by atoms with Crippen LogP contribution in [0.1, 0.15) is 38.3 Å². The van der Waals surface area contributed by atoms with Crippen LogP contribution in [0.5, 0.6) is 0 Å². The minimum Gasteiger partial charge on any atom is -0.394 e. The Kier molecular flexibility index (Phi) is 4.11. The summed E-state index contributed by atoms with van der Waals surface area (Å²) in [5.41, 5.74) is 8.01. The highest BCUT2D eigenvalue weighted by molar-refractivity contribution is 5.67. The molecule has 0 amide bonds. The van der Waals surface area contributed by atoms with E-state index >= 15 is 0 Å². The van der Waals surface area contributed by atoms with Crippen molar-refractivity contribution in [2.24, 2.45) is 7.05 Å². The Labute approximate surface area is 109 Å². The second-order valence-electron chi connectivity index (χ2n) is 5.08. The molecular weight excluding hydrogens is 228 g/mol. The SMILES string of the molecule is CCCc1nn(C)c(N2CCCCC2CO)c1N. The maximum atomic E-state index is 9.50. The lowest BCUT2D eigenvalue weighted by Crippen LogP contribution is -2.43. The minimum absolute atomic E-state index is 0.186. The van der Waals surface area contributed by atoms with Gasteiger partial charge in [0, 0.05) is 13.6 Å². The van der Waals surface area contributed by atoms with Crippen molar-refractivity contribution in [3.05, 3.63) is 5.69 Å². The summed E-state index contributed by atoms with van der Waals surface area (Å²) in [4.78, 5) is 2.23. The third kappa shape index (κ3) is 2.32. The first kappa shape index (κ1) is 13.2. The van der Waals surface area contributed by atoms with Crippen LogP contribution in [0.2, 0.25) is 0 Å². The van der Waals surface area contributed by atoms with E-state index in [1.807, 2.05) is 11.7 Å². The zero-order valence-corrected chi connectivity index (χ0v) is 11.4. The van der Waals surface area contributed by atoms with Crippen LogP contribution in [0.15, 0.2) is 0 Å². The molecule has 5 heteroatoms. The summed E-state index contributed by atoms with van der Waals surface area (Å²) in [5, 5.41) is 14.0. The molecule has 0 spiro atoms. The van der Waals surface area contributed by atoms with E-state index in [2.05, 4.69) is 16.9 Å². The molecule has 0 radical (unpaired) electrons. The number of aliphatic hydroxyl groups excluding tert-OH is 1. The van der Waals surface area contributed by atoms with Gasteiger partial charge in [0.1, 0.15) is 0 Å². The number of piperidine rings is 1. The fourth-order valence-electron chi connectivity index (χ4n) is 2.82. The fraction of sp³-hybridized carbons (Fsp3) is 0.769. The zero-order chi connectivity index (χ0) is 13.1. The van der Waals surface area contributed by atoms with Crippen molar-refractivity contribution in [3.8, 4) is 0 Å². The van der Waals surface area contributed by atoms with Crippen molar-refractivity contribution in [2.75, 3.05) is 23.8 Å². The molecule has 1 aliphatic rings. The Hall–Kier alpha value is -1.23. The normalized spacial score (nSPS) is 20.4. The van der Waals surface area contributed by atoms with Crippen molar-refractivity contribution in [1.82, 2.24) is 9.78 Å². The van der Waals surface area contributed by atoms with E-state index in [0.29, 0.717) is 0 Å². The number of nitrogens with two attached hydrogens (primary N) is 1. The number of aromatic nitrogens is 2. The molecule has 1 saturated heterocycles. The standard InChI is InChI=1S/C13H24N4O/c1-3-6-11-12(14)13(16(2)15-11)17-8-5-4-7-10(17)9-18/h10,18H,3-9,14H2,1-2H3. The highest BCUT2D eigenvalue weighted by atomic mass is 16.3. The van der Waals surface area contributed by atoms with E-state index < -0.39 is 0 Å². The Bertz CT molecular complexity index is 402. The monoisotopic (exact) mass is 252 g/mol. The van der Waals surface area contributed by atoms with Crippen LogP contribution in [0.3, 0.4) is 0 Å². The van der Waals surface area contributed by atoms with Gasteiger partial charge in [-0.2, -0.15) is 5.10 Å². The third-order valence-corrected chi connectivity index (χ3v) is 3.73. The average Bonchev–Trinajstić information content (AvgIpc) is 2.65. The molecule has 3 N–H and O–H groups in total. The quantitative estimate of drug-likeness (QED) is 0.847. The van der Waals surface area contributed by atoms with E-state index in [4.69, 9.17) is 5.73 Å². The average molecular weight is 252 g/mol. The smallest absolute Gasteiger partial charge is 0.150 e. The van der Waals surface area contributed by atoms with Gasteiger partial charge in [0.2, 0.25) is 0 Å². The molecular formula is C13H24N4O. The molecule has 1 atom stereocenters. The Morgan fingerprint density at radius 2 is 2.22 bits per heavy atom. The van der Waals surface area contributed by atoms with E-state index in [-0.39, 0.29) is 12.6 Å². The molecule has 0 bridgehead atoms. The summed E-state index contributed by atoms with van der Waals surface area (Å²) < 4.78 is 1.87. The van der Waals surface area contributed by atoms with Crippen molar-refractivity contribution < 1.29 is 5.11 Å². The molecule has 1 aromatic heterocycles. The number of hydrogen-bond acceptors (Lipinski definition) is 4. The summed E-state index contributed by atoms with van der Waals surface area (Å²) in [6.07, 6.45) is 5.33. The van der Waals surface area contributed by atoms with Crippen molar-refractivity contribution in [2.45, 2.75) is 45.1 Å². The molecule has 0 saturated carbocycles. The Morgan fingerprint density at radius 3 is 2.89 bits per heavy atom. The van der Waals surface area contributed by atoms with Crippen LogP contribution in [0.25, 0.3) is 0 Å². The Balaban J connectivity index is 2.30. The number of nitrogens with zero attached hydrogens (tertiary/aromatic N) is 3. The third-order valence-electron chi connectivity index (χ3n) is 3.73. The zero-order valence-electron chi connectivity index (χ0n) is 11.4. The van der Waals surface area contributed by atoms with E-state index in [1.54, 1.807) is 0 Å². The summed E-state index contributed by atoms with van der Waals surface area (Å²) in [7, 11) is 1.94. The molecule has 2 rings (SSSR count). The van der Waals surface area contributed by atoms with Gasteiger partial charge in [-0.05, 0) is 25.7 Å². The predicted molar refractivity (Wildman–Crippen MR) is 73.7 cm³/mol. The lowest BCUT2D eigenvalue weighted by atomic mass is 10.0. The first-order valence-corrected chi connectivity index (χ1v) is 6.87. The Morgan fingerprint density at radius 1 is 1.44 bits per heavy atom. The van der Waals surface area contributed by atoms with Gasteiger partial charge in [0.25, 0.3) is 0 Å². The van der Waals surface area contributed by atoms with Gasteiger partial charge < -0.3 is 15.7 Å². The number of aryl methyl sites for hydroxylation is 2. The molecule has 0 aliphatic carbocycles. The highest BCUT2D eigenvalue weighted by Gasteiger charge is 2.27. The van der Waals surface area contributed by atoms with Gasteiger partial charge in [0.05, 0.1) is 24.0 Å². The molecule has 1 fully saturated rings. The molecule has 102 valence electrons. The summed E-state index contributed by atoms with van der Waals surface area (Å²) in [6.45, 7) is 3.28. The molecule has 2 heterocycles. The van der Waals surface area contributed by atoms with Crippen LogP contribution < -0.4 is 10.6 Å². The second-order valence-corrected chi connectivity index (χ2v) is 5.08. The van der Waals surface area contributed by atoms with Gasteiger partial charge in [-0.25, -0.2) is 0 Å². The van der Waals surface area contributed by atoms with Crippen molar-refractivity contribution in [3.63, 3.8) is 0 Å². The summed E-state index contributed by atoms with van der Waals surface area (Å²) in [5.74, 6) is 0.984. The van der Waals surface area contributed by atoms with Crippen LogP contribution in [0, 0.1) is 0 Å². The largest absolute Gasteiger partial charge is 0.394 e.